The van der Waals surface area contributed by atoms with Crippen LogP contribution in [-0.2, 0) is 10.2 Å². The Bertz CT molecular complexity index is 668. The second kappa shape index (κ2) is 6.79. The summed E-state index contributed by atoms with van der Waals surface area (Å²) in [6.07, 6.45) is 0. The summed E-state index contributed by atoms with van der Waals surface area (Å²) in [7, 11) is 0. The van der Waals surface area contributed by atoms with Crippen molar-refractivity contribution in [1.82, 2.24) is 10.2 Å². The second-order valence-corrected chi connectivity index (χ2v) is 7.91. The molecule has 5 heteroatoms. The molecule has 0 N–H and O–H groups in total. The van der Waals surface area contributed by atoms with E-state index in [4.69, 9.17) is 0 Å². The minimum Gasteiger partial charge on any atom is -0.287 e. The van der Waals surface area contributed by atoms with Gasteiger partial charge in [0.1, 0.15) is 5.01 Å². The molecule has 1 amide bonds. The molecule has 0 spiro atoms. The number of rotatable bonds is 4. The topological polar surface area (TPSA) is 46.1 Å². The summed E-state index contributed by atoms with van der Waals surface area (Å²) in [5.41, 5.74) is 2.46. The molecule has 23 heavy (non-hydrogen) atoms. The predicted molar refractivity (Wildman–Crippen MR) is 96.9 cm³/mol. The highest BCUT2D eigenvalue weighted by molar-refractivity contribution is 7.18. The largest absolute Gasteiger partial charge is 0.287 e. The lowest BCUT2D eigenvalue weighted by Gasteiger charge is -2.19. The first-order chi connectivity index (χ1) is 10.7. The van der Waals surface area contributed by atoms with E-state index in [0.717, 1.165) is 10.6 Å². The van der Waals surface area contributed by atoms with Crippen LogP contribution in [-0.4, -0.2) is 22.6 Å². The molecule has 124 valence electrons. The van der Waals surface area contributed by atoms with Gasteiger partial charge >= 0.3 is 0 Å². The maximum atomic E-state index is 12.2. The molecule has 0 saturated heterocycles. The molecule has 0 saturated carbocycles. The molecular weight excluding hydrogens is 306 g/mol. The summed E-state index contributed by atoms with van der Waals surface area (Å²) in [5, 5.41) is 9.99. The maximum absolute atomic E-state index is 12.2. The molecule has 0 fully saturated rings. The Balaban J connectivity index is 2.26. The Hall–Kier alpha value is -1.75. The van der Waals surface area contributed by atoms with Crippen molar-refractivity contribution in [3.8, 4) is 10.6 Å². The van der Waals surface area contributed by atoms with Crippen LogP contribution in [0.1, 0.15) is 47.1 Å². The average molecular weight is 331 g/mol. The van der Waals surface area contributed by atoms with Crippen LogP contribution >= 0.6 is 11.3 Å². The lowest BCUT2D eigenvalue weighted by Crippen LogP contribution is -2.33. The van der Waals surface area contributed by atoms with Gasteiger partial charge in [0.05, 0.1) is 0 Å². The number of carbonyl (C=O) groups excluding carboxylic acids is 1. The van der Waals surface area contributed by atoms with Gasteiger partial charge in [0.25, 0.3) is 0 Å². The van der Waals surface area contributed by atoms with Gasteiger partial charge in [0.2, 0.25) is 11.0 Å². The number of hydrogen-bond acceptors (Lipinski definition) is 4. The first kappa shape index (κ1) is 17.6. The summed E-state index contributed by atoms with van der Waals surface area (Å²) < 4.78 is 0. The highest BCUT2D eigenvalue weighted by Crippen LogP contribution is 2.31. The molecule has 2 rings (SSSR count). The Morgan fingerprint density at radius 2 is 1.78 bits per heavy atom. The van der Waals surface area contributed by atoms with Crippen molar-refractivity contribution in [3.63, 3.8) is 0 Å². The molecule has 1 aromatic carbocycles. The van der Waals surface area contributed by atoms with Crippen molar-refractivity contribution < 1.29 is 4.79 Å². The fourth-order valence-electron chi connectivity index (χ4n) is 2.25. The van der Waals surface area contributed by atoms with Gasteiger partial charge in [-0.3, -0.25) is 9.69 Å². The van der Waals surface area contributed by atoms with E-state index in [1.807, 2.05) is 20.8 Å². The van der Waals surface area contributed by atoms with Crippen LogP contribution in [0, 0.1) is 5.92 Å². The molecule has 0 aliphatic rings. The van der Waals surface area contributed by atoms with E-state index in [9.17, 15) is 4.79 Å². The maximum Gasteiger partial charge on any atom is 0.231 e. The number of benzene rings is 1. The van der Waals surface area contributed by atoms with Gasteiger partial charge in [0, 0.05) is 18.0 Å². The van der Waals surface area contributed by atoms with Crippen molar-refractivity contribution in [1.29, 1.82) is 0 Å². The molecule has 4 nitrogen and oxygen atoms in total. The van der Waals surface area contributed by atoms with Crippen LogP contribution in [0.5, 0.6) is 0 Å². The predicted octanol–water partition coefficient (Wildman–Crippen LogP) is 4.51. The summed E-state index contributed by atoms with van der Waals surface area (Å²) in [6, 6.07) is 8.41. The van der Waals surface area contributed by atoms with E-state index in [1.165, 1.54) is 16.9 Å². The summed E-state index contributed by atoms with van der Waals surface area (Å²) in [5.74, 6) is 0.0339. The van der Waals surface area contributed by atoms with Gasteiger partial charge in [-0.1, -0.05) is 70.2 Å². The summed E-state index contributed by atoms with van der Waals surface area (Å²) in [4.78, 5) is 13.9. The molecular formula is C18H25N3OS. The number of nitrogens with zero attached hydrogens (tertiary/aromatic N) is 3. The number of anilines is 1. The van der Waals surface area contributed by atoms with Crippen LogP contribution < -0.4 is 4.90 Å². The lowest BCUT2D eigenvalue weighted by molar-refractivity contribution is -0.121. The molecule has 0 radical (unpaired) electrons. The van der Waals surface area contributed by atoms with Crippen LogP contribution in [0.3, 0.4) is 0 Å². The summed E-state index contributed by atoms with van der Waals surface area (Å²) >= 11 is 1.46. The zero-order valence-electron chi connectivity index (χ0n) is 14.8. The van der Waals surface area contributed by atoms with Gasteiger partial charge in [-0.2, -0.15) is 0 Å². The fourth-order valence-corrected chi connectivity index (χ4v) is 3.17. The Kier molecular flexibility index (Phi) is 5.19. The number of amides is 1. The third-order valence-corrected chi connectivity index (χ3v) is 4.71. The molecule has 0 aliphatic heterocycles. The van der Waals surface area contributed by atoms with Crippen molar-refractivity contribution in [2.75, 3.05) is 11.4 Å². The zero-order valence-corrected chi connectivity index (χ0v) is 15.6. The molecule has 1 heterocycles. The average Bonchev–Trinajstić information content (AvgIpc) is 2.96. The van der Waals surface area contributed by atoms with Crippen molar-refractivity contribution in [2.24, 2.45) is 5.92 Å². The van der Waals surface area contributed by atoms with Crippen LogP contribution in [0.15, 0.2) is 24.3 Å². The number of carbonyl (C=O) groups is 1. The molecule has 0 bridgehead atoms. The zero-order chi connectivity index (χ0) is 17.2. The lowest BCUT2D eigenvalue weighted by atomic mass is 9.87. The van der Waals surface area contributed by atoms with Crippen LogP contribution in [0.4, 0.5) is 5.13 Å². The molecule has 0 unspecified atom stereocenters. The summed E-state index contributed by atoms with van der Waals surface area (Å²) in [6.45, 7) is 13.0. The number of hydrogen-bond donors (Lipinski definition) is 0. The van der Waals surface area contributed by atoms with E-state index in [2.05, 4.69) is 55.2 Å². The van der Waals surface area contributed by atoms with Crippen molar-refractivity contribution in [3.05, 3.63) is 29.8 Å². The quantitative estimate of drug-likeness (QED) is 0.828. The Morgan fingerprint density at radius 1 is 1.17 bits per heavy atom. The van der Waals surface area contributed by atoms with Gasteiger partial charge in [-0.15, -0.1) is 10.2 Å². The minimum absolute atomic E-state index is 0.0478. The van der Waals surface area contributed by atoms with Crippen LogP contribution in [0.2, 0.25) is 0 Å². The molecule has 2 aromatic rings. The van der Waals surface area contributed by atoms with Crippen molar-refractivity contribution in [2.45, 2.75) is 47.0 Å². The Labute approximate surface area is 142 Å². The van der Waals surface area contributed by atoms with E-state index >= 15 is 0 Å². The second-order valence-electron chi connectivity index (χ2n) is 6.95. The van der Waals surface area contributed by atoms with Crippen LogP contribution in [0.25, 0.3) is 10.6 Å². The van der Waals surface area contributed by atoms with Crippen molar-refractivity contribution >= 4 is 22.4 Å². The van der Waals surface area contributed by atoms with E-state index in [0.29, 0.717) is 11.7 Å². The third-order valence-electron chi connectivity index (χ3n) is 3.72. The van der Waals surface area contributed by atoms with E-state index in [-0.39, 0.29) is 17.2 Å². The first-order valence-electron chi connectivity index (χ1n) is 7.99. The highest BCUT2D eigenvalue weighted by atomic mass is 32.1. The molecule has 0 aliphatic carbocycles. The monoisotopic (exact) mass is 331 g/mol. The fraction of sp³-hybridized carbons (Fsp3) is 0.500. The SMILES string of the molecule is CCN(C(=O)C(C)C)c1nnc(-c2ccc(C(C)(C)C)cc2)s1. The minimum atomic E-state index is -0.0478. The first-order valence-corrected chi connectivity index (χ1v) is 8.81. The molecule has 1 aromatic heterocycles. The van der Waals surface area contributed by atoms with E-state index < -0.39 is 0 Å². The standard InChI is InChI=1S/C18H25N3OS/c1-7-21(16(22)12(2)3)17-20-19-15(23-17)13-8-10-14(11-9-13)18(4,5)6/h8-12H,7H2,1-6H3. The van der Waals surface area contributed by atoms with Gasteiger partial charge in [-0.25, -0.2) is 0 Å². The van der Waals surface area contributed by atoms with Gasteiger partial charge in [-0.05, 0) is 17.9 Å². The highest BCUT2D eigenvalue weighted by Gasteiger charge is 2.21. The number of aromatic nitrogens is 2. The normalized spacial score (nSPS) is 11.8. The smallest absolute Gasteiger partial charge is 0.231 e. The molecule has 0 atom stereocenters. The van der Waals surface area contributed by atoms with E-state index in [1.54, 1.807) is 4.90 Å². The van der Waals surface area contributed by atoms with Gasteiger partial charge < -0.3 is 0 Å². The Morgan fingerprint density at radius 3 is 2.26 bits per heavy atom. The third kappa shape index (κ3) is 3.96. The van der Waals surface area contributed by atoms with Gasteiger partial charge in [0.15, 0.2) is 0 Å².